The van der Waals surface area contributed by atoms with Gasteiger partial charge in [0.1, 0.15) is 0 Å². The highest BCUT2D eigenvalue weighted by molar-refractivity contribution is 7.71. The second kappa shape index (κ2) is 7.27. The molecule has 0 aliphatic carbocycles. The zero-order valence-electron chi connectivity index (χ0n) is 14.9. The van der Waals surface area contributed by atoms with Crippen LogP contribution in [0.2, 0.25) is 5.02 Å². The molecule has 1 unspecified atom stereocenters. The van der Waals surface area contributed by atoms with Crippen LogP contribution in [-0.2, 0) is 19.6 Å². The topological polar surface area (TPSA) is 26.0 Å². The van der Waals surface area contributed by atoms with Crippen LogP contribution in [-0.4, -0.2) is 25.8 Å². The number of nitrogens with zero attached hydrogens (tertiary/aromatic N) is 4. The van der Waals surface area contributed by atoms with Crippen LogP contribution in [0.3, 0.4) is 0 Å². The average molecular weight is 405 g/mol. The van der Waals surface area contributed by atoms with Crippen molar-refractivity contribution >= 4 is 35.2 Å². The van der Waals surface area contributed by atoms with Gasteiger partial charge in [0.05, 0.1) is 6.67 Å². The molecule has 0 spiro atoms. The molecule has 4 rings (SSSR count). The van der Waals surface area contributed by atoms with Gasteiger partial charge >= 0.3 is 0 Å². The number of hydrogen-bond acceptors (Lipinski definition) is 4. The van der Waals surface area contributed by atoms with Crippen molar-refractivity contribution in [2.45, 2.75) is 39.5 Å². The van der Waals surface area contributed by atoms with Crippen molar-refractivity contribution in [2.24, 2.45) is 0 Å². The van der Waals surface area contributed by atoms with Gasteiger partial charge in [0, 0.05) is 34.6 Å². The zero-order chi connectivity index (χ0) is 18.3. The summed E-state index contributed by atoms with van der Waals surface area (Å²) in [5, 5.41) is 7.77. The Balaban J connectivity index is 1.66. The molecule has 0 radical (unpaired) electrons. The van der Waals surface area contributed by atoms with Crippen LogP contribution in [0, 0.1) is 4.77 Å². The fourth-order valence-corrected chi connectivity index (χ4v) is 4.96. The molecule has 0 bridgehead atoms. The Kier molecular flexibility index (Phi) is 5.01. The Morgan fingerprint density at radius 1 is 1.27 bits per heavy atom. The maximum absolute atomic E-state index is 6.03. The second-order valence-electron chi connectivity index (χ2n) is 6.54. The minimum Gasteiger partial charge on any atom is -0.300 e. The van der Waals surface area contributed by atoms with Crippen molar-refractivity contribution in [3.05, 3.63) is 55.9 Å². The maximum atomic E-state index is 6.03. The van der Waals surface area contributed by atoms with Gasteiger partial charge in [0.2, 0.25) is 0 Å². The number of rotatable bonds is 4. The molecule has 0 fully saturated rings. The van der Waals surface area contributed by atoms with E-state index in [0.717, 1.165) is 40.7 Å². The monoisotopic (exact) mass is 404 g/mol. The first-order valence-electron chi connectivity index (χ1n) is 8.82. The van der Waals surface area contributed by atoms with Gasteiger partial charge in [-0.2, -0.15) is 5.10 Å². The summed E-state index contributed by atoms with van der Waals surface area (Å²) in [4.78, 5) is 3.96. The fraction of sp³-hybridized carbons (Fsp3) is 0.368. The molecular weight excluding hydrogens is 384 g/mol. The highest BCUT2D eigenvalue weighted by atomic mass is 35.5. The normalized spacial score (nSPS) is 17.4. The van der Waals surface area contributed by atoms with Crippen molar-refractivity contribution < 1.29 is 0 Å². The Morgan fingerprint density at radius 2 is 2.04 bits per heavy atom. The number of hydrogen-bond donors (Lipinski definition) is 0. The first-order chi connectivity index (χ1) is 12.6. The van der Waals surface area contributed by atoms with Crippen molar-refractivity contribution in [1.29, 1.82) is 0 Å². The molecule has 0 N–H and O–H groups in total. The molecule has 136 valence electrons. The van der Waals surface area contributed by atoms with Gasteiger partial charge in [-0.05, 0) is 73.8 Å². The minimum absolute atomic E-state index is 0.387. The molecular formula is C19H21ClN4S2. The van der Waals surface area contributed by atoms with Gasteiger partial charge in [-0.15, -0.1) is 11.3 Å². The Bertz CT molecular complexity index is 970. The summed E-state index contributed by atoms with van der Waals surface area (Å²) in [7, 11) is 0. The average Bonchev–Trinajstić information content (AvgIpc) is 3.23. The molecule has 2 aromatic heterocycles. The third kappa shape index (κ3) is 3.16. The van der Waals surface area contributed by atoms with Crippen molar-refractivity contribution in [1.82, 2.24) is 19.2 Å². The van der Waals surface area contributed by atoms with Gasteiger partial charge < -0.3 is 4.57 Å². The van der Waals surface area contributed by atoms with Gasteiger partial charge in [0.15, 0.2) is 10.6 Å². The predicted molar refractivity (Wildman–Crippen MR) is 110 cm³/mol. The Hall–Kier alpha value is -1.47. The number of halogens is 1. The lowest BCUT2D eigenvalue weighted by molar-refractivity contribution is 0.144. The third-order valence-corrected chi connectivity index (χ3v) is 6.74. The highest BCUT2D eigenvalue weighted by Gasteiger charge is 2.25. The van der Waals surface area contributed by atoms with Crippen molar-refractivity contribution in [3.63, 3.8) is 0 Å². The van der Waals surface area contributed by atoms with E-state index in [0.29, 0.717) is 12.7 Å². The standard InChI is InChI=1S/C19H21ClN4S2/c1-3-23-18(14-4-6-15(20)7-5-14)21-24(19(23)25)12-22-10-8-17-16(13(22)2)9-11-26-17/h4-7,9,11,13H,3,8,10,12H2,1-2H3. The van der Waals surface area contributed by atoms with Crippen LogP contribution in [0.4, 0.5) is 0 Å². The van der Waals surface area contributed by atoms with Crippen LogP contribution >= 0.6 is 35.2 Å². The summed E-state index contributed by atoms with van der Waals surface area (Å²) in [6.45, 7) is 6.91. The van der Waals surface area contributed by atoms with E-state index in [-0.39, 0.29) is 0 Å². The van der Waals surface area contributed by atoms with Gasteiger partial charge in [-0.25, -0.2) is 4.68 Å². The lowest BCUT2D eigenvalue weighted by Gasteiger charge is -2.33. The van der Waals surface area contributed by atoms with E-state index in [2.05, 4.69) is 34.8 Å². The van der Waals surface area contributed by atoms with E-state index in [9.17, 15) is 0 Å². The second-order valence-corrected chi connectivity index (χ2v) is 8.34. The molecule has 0 saturated heterocycles. The van der Waals surface area contributed by atoms with Gasteiger partial charge in [-0.1, -0.05) is 11.6 Å². The van der Waals surface area contributed by atoms with E-state index in [4.69, 9.17) is 28.9 Å². The van der Waals surface area contributed by atoms with E-state index in [1.807, 2.05) is 40.3 Å². The molecule has 1 atom stereocenters. The van der Waals surface area contributed by atoms with Crippen LogP contribution in [0.1, 0.15) is 30.3 Å². The van der Waals surface area contributed by atoms with Crippen molar-refractivity contribution in [3.8, 4) is 11.4 Å². The van der Waals surface area contributed by atoms with E-state index >= 15 is 0 Å². The highest BCUT2D eigenvalue weighted by Crippen LogP contribution is 2.33. The lowest BCUT2D eigenvalue weighted by Crippen LogP contribution is -2.35. The van der Waals surface area contributed by atoms with Crippen LogP contribution in [0.25, 0.3) is 11.4 Å². The first-order valence-corrected chi connectivity index (χ1v) is 10.5. The van der Waals surface area contributed by atoms with Crippen LogP contribution < -0.4 is 0 Å². The van der Waals surface area contributed by atoms with Crippen LogP contribution in [0.5, 0.6) is 0 Å². The summed E-state index contributed by atoms with van der Waals surface area (Å²) in [5.41, 5.74) is 2.48. The Morgan fingerprint density at radius 3 is 2.77 bits per heavy atom. The molecule has 3 heterocycles. The molecule has 1 aliphatic heterocycles. The van der Waals surface area contributed by atoms with E-state index in [1.54, 1.807) is 0 Å². The molecule has 0 saturated carbocycles. The SMILES string of the molecule is CCn1c(-c2ccc(Cl)cc2)nn(CN2CCc3sccc3C2C)c1=S. The molecule has 0 amide bonds. The summed E-state index contributed by atoms with van der Waals surface area (Å²) in [6.07, 6.45) is 1.10. The van der Waals surface area contributed by atoms with E-state index in [1.165, 1.54) is 10.4 Å². The predicted octanol–water partition coefficient (Wildman–Crippen LogP) is 5.39. The first kappa shape index (κ1) is 17.9. The summed E-state index contributed by atoms with van der Waals surface area (Å²) < 4.78 is 4.81. The number of thiophene rings is 1. The zero-order valence-corrected chi connectivity index (χ0v) is 17.2. The lowest BCUT2D eigenvalue weighted by atomic mass is 10.0. The van der Waals surface area contributed by atoms with Crippen molar-refractivity contribution in [2.75, 3.05) is 6.54 Å². The summed E-state index contributed by atoms with van der Waals surface area (Å²) in [6, 6.07) is 10.4. The molecule has 26 heavy (non-hydrogen) atoms. The van der Waals surface area contributed by atoms with Gasteiger partial charge in [0.25, 0.3) is 0 Å². The quantitative estimate of drug-likeness (QED) is 0.545. The number of aromatic nitrogens is 3. The summed E-state index contributed by atoms with van der Waals surface area (Å²) >= 11 is 13.6. The maximum Gasteiger partial charge on any atom is 0.199 e. The van der Waals surface area contributed by atoms with Crippen LogP contribution in [0.15, 0.2) is 35.7 Å². The van der Waals surface area contributed by atoms with Gasteiger partial charge in [-0.3, -0.25) is 4.90 Å². The molecule has 7 heteroatoms. The fourth-order valence-electron chi connectivity index (χ4n) is 3.56. The third-order valence-electron chi connectivity index (χ3n) is 5.06. The smallest absolute Gasteiger partial charge is 0.199 e. The largest absolute Gasteiger partial charge is 0.300 e. The number of benzene rings is 1. The molecule has 1 aromatic carbocycles. The number of fused-ring (bicyclic) bond motifs is 1. The molecule has 4 nitrogen and oxygen atoms in total. The van der Waals surface area contributed by atoms with E-state index < -0.39 is 0 Å². The molecule has 3 aromatic rings. The minimum atomic E-state index is 0.387. The summed E-state index contributed by atoms with van der Waals surface area (Å²) in [5.74, 6) is 0.898. The Labute approximate surface area is 167 Å². The molecule has 1 aliphatic rings.